The molecule has 0 radical (unpaired) electrons. The van der Waals surface area contributed by atoms with Crippen LogP contribution in [0.25, 0.3) is 44.2 Å². The molecular formula is C49H33NO. The van der Waals surface area contributed by atoms with Gasteiger partial charge in [0.05, 0.1) is 5.41 Å². The zero-order valence-electron chi connectivity index (χ0n) is 27.9. The number of fused-ring (bicyclic) bond motifs is 6. The van der Waals surface area contributed by atoms with Crippen molar-refractivity contribution in [1.82, 2.24) is 0 Å². The van der Waals surface area contributed by atoms with Crippen LogP contribution in [0.15, 0.2) is 205 Å². The Kier molecular flexibility index (Phi) is 6.75. The third-order valence-electron chi connectivity index (χ3n) is 10.5. The van der Waals surface area contributed by atoms with Crippen LogP contribution in [0.5, 0.6) is 0 Å². The van der Waals surface area contributed by atoms with Crippen LogP contribution in [0.1, 0.15) is 22.3 Å². The molecule has 1 aromatic heterocycles. The van der Waals surface area contributed by atoms with Gasteiger partial charge in [0.1, 0.15) is 11.2 Å². The van der Waals surface area contributed by atoms with Gasteiger partial charge in [-0.2, -0.15) is 0 Å². The predicted molar refractivity (Wildman–Crippen MR) is 211 cm³/mol. The molecule has 10 rings (SSSR count). The molecule has 0 atom stereocenters. The van der Waals surface area contributed by atoms with Crippen molar-refractivity contribution in [3.05, 3.63) is 222 Å². The SMILES string of the molecule is c1ccc(N(c2ccccc2)c2ccc(-c3cccc4c3oc3cc5c(cc34)-c3ccccc3C5(c3ccccc3)c3ccccc3)cc2)cc1. The molecule has 0 N–H and O–H groups in total. The molecule has 8 aromatic carbocycles. The average Bonchev–Trinajstić information content (AvgIpc) is 3.72. The molecule has 1 aliphatic carbocycles. The lowest BCUT2D eigenvalue weighted by molar-refractivity contribution is 0.667. The number of furan rings is 1. The second-order valence-corrected chi connectivity index (χ2v) is 13.3. The van der Waals surface area contributed by atoms with E-state index in [1.54, 1.807) is 0 Å². The highest BCUT2D eigenvalue weighted by Crippen LogP contribution is 2.57. The third kappa shape index (κ3) is 4.50. The van der Waals surface area contributed by atoms with Gasteiger partial charge in [0.2, 0.25) is 0 Å². The van der Waals surface area contributed by atoms with Gasteiger partial charge >= 0.3 is 0 Å². The molecule has 9 aromatic rings. The summed E-state index contributed by atoms with van der Waals surface area (Å²) in [6, 6.07) is 71.8. The largest absolute Gasteiger partial charge is 0.455 e. The smallest absolute Gasteiger partial charge is 0.143 e. The number of benzene rings is 8. The van der Waals surface area contributed by atoms with Gasteiger partial charge in [-0.25, -0.2) is 0 Å². The van der Waals surface area contributed by atoms with Gasteiger partial charge in [-0.05, 0) is 87.5 Å². The summed E-state index contributed by atoms with van der Waals surface area (Å²) >= 11 is 0. The van der Waals surface area contributed by atoms with E-state index in [1.165, 1.54) is 33.4 Å². The first-order valence-electron chi connectivity index (χ1n) is 17.5. The zero-order valence-corrected chi connectivity index (χ0v) is 27.9. The highest BCUT2D eigenvalue weighted by Gasteiger charge is 2.46. The zero-order chi connectivity index (χ0) is 33.8. The quantitative estimate of drug-likeness (QED) is 0.178. The van der Waals surface area contributed by atoms with E-state index in [4.69, 9.17) is 4.42 Å². The highest BCUT2D eigenvalue weighted by atomic mass is 16.3. The van der Waals surface area contributed by atoms with Crippen LogP contribution in [-0.2, 0) is 5.41 Å². The topological polar surface area (TPSA) is 16.4 Å². The first-order chi connectivity index (χ1) is 25.3. The Morgan fingerprint density at radius 2 is 0.902 bits per heavy atom. The maximum Gasteiger partial charge on any atom is 0.143 e. The normalized spacial score (nSPS) is 12.9. The summed E-state index contributed by atoms with van der Waals surface area (Å²) in [7, 11) is 0. The summed E-state index contributed by atoms with van der Waals surface area (Å²) in [4.78, 5) is 2.29. The molecule has 0 bridgehead atoms. The number of hydrogen-bond acceptors (Lipinski definition) is 2. The highest BCUT2D eigenvalue weighted by molar-refractivity contribution is 6.12. The molecule has 0 saturated heterocycles. The van der Waals surface area contributed by atoms with Crippen LogP contribution in [0.4, 0.5) is 17.1 Å². The minimum atomic E-state index is -0.469. The van der Waals surface area contributed by atoms with E-state index in [1.807, 2.05) is 0 Å². The standard InChI is InChI=1S/C49H33NO/c1-5-16-35(17-6-1)49(36-18-7-2-8-19-36)45-27-14-13-24-41(45)43-32-44-42-26-15-25-40(48(42)51-47(44)33-46(43)49)34-28-30-39(31-29-34)50(37-20-9-3-10-21-37)38-22-11-4-12-23-38/h1-33H. The Morgan fingerprint density at radius 1 is 0.373 bits per heavy atom. The Bertz CT molecular complexity index is 2580. The van der Waals surface area contributed by atoms with Crippen LogP contribution in [0, 0.1) is 0 Å². The summed E-state index contributed by atoms with van der Waals surface area (Å²) in [5.41, 5.74) is 14.4. The van der Waals surface area contributed by atoms with Crippen molar-refractivity contribution in [2.24, 2.45) is 0 Å². The number of anilines is 3. The fraction of sp³-hybridized carbons (Fsp3) is 0.0204. The van der Waals surface area contributed by atoms with Crippen molar-refractivity contribution in [2.45, 2.75) is 5.41 Å². The van der Waals surface area contributed by atoms with E-state index in [9.17, 15) is 0 Å². The Labute approximate surface area is 297 Å². The predicted octanol–water partition coefficient (Wildman–Crippen LogP) is 13.1. The van der Waals surface area contributed by atoms with Gasteiger partial charge in [0.25, 0.3) is 0 Å². The summed E-state index contributed by atoms with van der Waals surface area (Å²) in [6.07, 6.45) is 0. The minimum Gasteiger partial charge on any atom is -0.455 e. The number of rotatable bonds is 6. The van der Waals surface area contributed by atoms with E-state index >= 15 is 0 Å². The van der Waals surface area contributed by atoms with Crippen molar-refractivity contribution >= 4 is 39.0 Å². The van der Waals surface area contributed by atoms with Crippen LogP contribution in [0.3, 0.4) is 0 Å². The van der Waals surface area contributed by atoms with Gasteiger partial charge in [-0.1, -0.05) is 152 Å². The van der Waals surface area contributed by atoms with Crippen LogP contribution >= 0.6 is 0 Å². The lowest BCUT2D eigenvalue weighted by Crippen LogP contribution is -2.28. The molecule has 0 spiro atoms. The van der Waals surface area contributed by atoms with Crippen molar-refractivity contribution in [2.75, 3.05) is 4.90 Å². The molecule has 0 aliphatic heterocycles. The second kappa shape index (κ2) is 11.8. The van der Waals surface area contributed by atoms with E-state index in [2.05, 4.69) is 205 Å². The van der Waals surface area contributed by atoms with Crippen molar-refractivity contribution in [3.63, 3.8) is 0 Å². The molecule has 0 saturated carbocycles. The third-order valence-corrected chi connectivity index (χ3v) is 10.5. The number of para-hydroxylation sites is 3. The van der Waals surface area contributed by atoms with E-state index in [0.29, 0.717) is 0 Å². The van der Waals surface area contributed by atoms with E-state index < -0.39 is 5.41 Å². The summed E-state index contributed by atoms with van der Waals surface area (Å²) in [6.45, 7) is 0. The molecule has 0 unspecified atom stereocenters. The van der Waals surface area contributed by atoms with Gasteiger partial charge in [0.15, 0.2) is 0 Å². The second-order valence-electron chi connectivity index (χ2n) is 13.3. The number of hydrogen-bond donors (Lipinski definition) is 0. The lowest BCUT2D eigenvalue weighted by atomic mass is 9.67. The first-order valence-corrected chi connectivity index (χ1v) is 17.5. The number of nitrogens with zero attached hydrogens (tertiary/aromatic N) is 1. The molecule has 1 aliphatic rings. The molecule has 240 valence electrons. The van der Waals surface area contributed by atoms with Crippen molar-refractivity contribution in [3.8, 4) is 22.3 Å². The maximum atomic E-state index is 6.93. The Hall–Kier alpha value is -6.64. The molecule has 0 amide bonds. The maximum absolute atomic E-state index is 6.93. The van der Waals surface area contributed by atoms with Gasteiger partial charge in [0, 0.05) is 33.4 Å². The molecule has 2 nitrogen and oxygen atoms in total. The van der Waals surface area contributed by atoms with Crippen LogP contribution < -0.4 is 4.90 Å². The molecule has 0 fully saturated rings. The van der Waals surface area contributed by atoms with E-state index in [0.717, 1.165) is 50.1 Å². The molecular weight excluding hydrogens is 619 g/mol. The van der Waals surface area contributed by atoms with Gasteiger partial charge in [-0.15, -0.1) is 0 Å². The van der Waals surface area contributed by atoms with Crippen molar-refractivity contribution in [1.29, 1.82) is 0 Å². The van der Waals surface area contributed by atoms with Gasteiger partial charge < -0.3 is 9.32 Å². The molecule has 2 heteroatoms. The lowest BCUT2D eigenvalue weighted by Gasteiger charge is -2.33. The Balaban J connectivity index is 1.15. The van der Waals surface area contributed by atoms with E-state index in [-0.39, 0.29) is 0 Å². The van der Waals surface area contributed by atoms with Crippen molar-refractivity contribution < 1.29 is 4.42 Å². The van der Waals surface area contributed by atoms with Crippen LogP contribution in [-0.4, -0.2) is 0 Å². The first kappa shape index (κ1) is 29.3. The minimum absolute atomic E-state index is 0.469. The molecule has 51 heavy (non-hydrogen) atoms. The summed E-state index contributed by atoms with van der Waals surface area (Å²) < 4.78 is 6.93. The van der Waals surface area contributed by atoms with Gasteiger partial charge in [-0.3, -0.25) is 0 Å². The molecule has 1 heterocycles. The van der Waals surface area contributed by atoms with Crippen LogP contribution in [0.2, 0.25) is 0 Å². The fourth-order valence-corrected chi connectivity index (χ4v) is 8.35. The summed E-state index contributed by atoms with van der Waals surface area (Å²) in [5.74, 6) is 0. The Morgan fingerprint density at radius 3 is 1.53 bits per heavy atom. The average molecular weight is 652 g/mol. The fourth-order valence-electron chi connectivity index (χ4n) is 8.35. The summed E-state index contributed by atoms with van der Waals surface area (Å²) in [5, 5.41) is 2.26. The monoisotopic (exact) mass is 651 g/mol.